The van der Waals surface area contributed by atoms with E-state index in [0.717, 1.165) is 49.8 Å². The minimum Gasteiger partial charge on any atom is -0.369 e. The molecular formula is C23H22N4OS2. The number of hydrogen-bond acceptors (Lipinski definition) is 6. The molecule has 0 saturated carbocycles. The van der Waals surface area contributed by atoms with E-state index < -0.39 is 0 Å². The lowest BCUT2D eigenvalue weighted by Crippen LogP contribution is -2.32. The molecule has 1 unspecified atom stereocenters. The second kappa shape index (κ2) is 7.58. The fourth-order valence-corrected chi connectivity index (χ4v) is 6.41. The van der Waals surface area contributed by atoms with Gasteiger partial charge in [-0.15, -0.1) is 22.7 Å². The Hall–Kier alpha value is -2.61. The number of nitrogens with two attached hydrogens (primary N) is 1. The molecule has 1 aliphatic rings. The van der Waals surface area contributed by atoms with Crippen molar-refractivity contribution >= 4 is 38.8 Å². The summed E-state index contributed by atoms with van der Waals surface area (Å²) >= 11 is 3.39. The molecule has 0 saturated heterocycles. The van der Waals surface area contributed by atoms with Gasteiger partial charge in [-0.05, 0) is 61.2 Å². The van der Waals surface area contributed by atoms with E-state index in [-0.39, 0.29) is 11.8 Å². The van der Waals surface area contributed by atoms with Gasteiger partial charge in [0.2, 0.25) is 5.91 Å². The van der Waals surface area contributed by atoms with Gasteiger partial charge in [0.15, 0.2) is 0 Å². The third kappa shape index (κ3) is 3.33. The van der Waals surface area contributed by atoms with Crippen LogP contribution in [0.3, 0.4) is 0 Å². The number of nitrogens with zero attached hydrogens (tertiary/aromatic N) is 2. The predicted molar refractivity (Wildman–Crippen MR) is 124 cm³/mol. The van der Waals surface area contributed by atoms with Crippen molar-refractivity contribution in [1.82, 2.24) is 15.3 Å². The Kier molecular flexibility index (Phi) is 4.89. The molecule has 3 aromatic heterocycles. The molecule has 2 atom stereocenters. The highest BCUT2D eigenvalue weighted by Gasteiger charge is 2.30. The van der Waals surface area contributed by atoms with Crippen LogP contribution < -0.4 is 11.1 Å². The van der Waals surface area contributed by atoms with E-state index in [4.69, 9.17) is 10.7 Å². The SMILES string of the molecule is CC(C(N)=O)c1sc2c(c1-c1nc3cc(-c4ccncc4)ccc3s1)C[C@@H](C)NC2. The van der Waals surface area contributed by atoms with E-state index in [1.807, 2.05) is 19.1 Å². The zero-order valence-corrected chi connectivity index (χ0v) is 18.4. The third-order valence-corrected chi connectivity index (χ3v) is 8.14. The average Bonchev–Trinajstić information content (AvgIpc) is 3.33. The summed E-state index contributed by atoms with van der Waals surface area (Å²) in [5.74, 6) is -0.623. The van der Waals surface area contributed by atoms with Crippen molar-refractivity contribution in [2.45, 2.75) is 38.8 Å². The maximum absolute atomic E-state index is 12.0. The number of fused-ring (bicyclic) bond motifs is 2. The smallest absolute Gasteiger partial charge is 0.225 e. The lowest BCUT2D eigenvalue weighted by atomic mass is 9.95. The molecule has 152 valence electrons. The Labute approximate surface area is 183 Å². The molecule has 0 aliphatic carbocycles. The summed E-state index contributed by atoms with van der Waals surface area (Å²) < 4.78 is 1.14. The Morgan fingerprint density at radius 1 is 1.20 bits per heavy atom. The topological polar surface area (TPSA) is 80.9 Å². The Morgan fingerprint density at radius 3 is 2.77 bits per heavy atom. The minimum absolute atomic E-state index is 0.295. The van der Waals surface area contributed by atoms with Crippen LogP contribution in [-0.2, 0) is 17.8 Å². The van der Waals surface area contributed by atoms with Gasteiger partial charge in [-0.2, -0.15) is 0 Å². The quantitative estimate of drug-likeness (QED) is 0.487. The molecule has 5 rings (SSSR count). The fourth-order valence-electron chi connectivity index (χ4n) is 3.96. The molecule has 4 aromatic rings. The largest absolute Gasteiger partial charge is 0.369 e. The van der Waals surface area contributed by atoms with Gasteiger partial charge in [-0.3, -0.25) is 9.78 Å². The van der Waals surface area contributed by atoms with Gasteiger partial charge in [-0.1, -0.05) is 6.07 Å². The van der Waals surface area contributed by atoms with Crippen LogP contribution in [0.25, 0.3) is 31.9 Å². The fraction of sp³-hybridized carbons (Fsp3) is 0.261. The van der Waals surface area contributed by atoms with Crippen molar-refractivity contribution in [2.24, 2.45) is 5.73 Å². The molecule has 1 aromatic carbocycles. The highest BCUT2D eigenvalue weighted by Crippen LogP contribution is 2.45. The van der Waals surface area contributed by atoms with Crippen molar-refractivity contribution in [2.75, 3.05) is 0 Å². The number of carbonyl (C=O) groups is 1. The van der Waals surface area contributed by atoms with Crippen molar-refractivity contribution in [3.63, 3.8) is 0 Å². The zero-order valence-electron chi connectivity index (χ0n) is 16.8. The number of carbonyl (C=O) groups excluding carboxylic acids is 1. The van der Waals surface area contributed by atoms with Crippen molar-refractivity contribution < 1.29 is 4.79 Å². The standard InChI is InChI=1S/C23H22N4OS2/c1-12-9-16-19(11-26-12)29-21(13(2)22(24)28)20(16)23-27-17-10-15(3-4-18(17)30-23)14-5-7-25-8-6-14/h3-8,10,12-13,26H,9,11H2,1-2H3,(H2,24,28)/t12-,13?/m1/s1. The van der Waals surface area contributed by atoms with Gasteiger partial charge >= 0.3 is 0 Å². The molecule has 7 heteroatoms. The summed E-state index contributed by atoms with van der Waals surface area (Å²) in [6.07, 6.45) is 4.54. The molecule has 0 fully saturated rings. The maximum atomic E-state index is 12.0. The summed E-state index contributed by atoms with van der Waals surface area (Å²) in [5.41, 5.74) is 11.4. The molecule has 1 amide bonds. The number of rotatable bonds is 4. The van der Waals surface area contributed by atoms with Crippen LogP contribution in [0.1, 0.15) is 35.1 Å². The molecule has 4 heterocycles. The number of hydrogen-bond donors (Lipinski definition) is 2. The number of aromatic nitrogens is 2. The summed E-state index contributed by atoms with van der Waals surface area (Å²) in [6, 6.07) is 10.8. The van der Waals surface area contributed by atoms with Crippen molar-refractivity contribution in [3.05, 3.63) is 58.0 Å². The van der Waals surface area contributed by atoms with E-state index in [1.54, 1.807) is 35.1 Å². The second-order valence-electron chi connectivity index (χ2n) is 7.79. The van der Waals surface area contributed by atoms with Crippen LogP contribution in [0.2, 0.25) is 0 Å². The Balaban J connectivity index is 1.66. The van der Waals surface area contributed by atoms with Gasteiger partial charge in [0.25, 0.3) is 0 Å². The van der Waals surface area contributed by atoms with E-state index in [0.29, 0.717) is 6.04 Å². The predicted octanol–water partition coefficient (Wildman–Crippen LogP) is 4.71. The number of thiazole rings is 1. The molecule has 0 bridgehead atoms. The first-order valence-electron chi connectivity index (χ1n) is 9.99. The van der Waals surface area contributed by atoms with Crippen LogP contribution >= 0.6 is 22.7 Å². The summed E-state index contributed by atoms with van der Waals surface area (Å²) in [4.78, 5) is 23.5. The van der Waals surface area contributed by atoms with Gasteiger partial charge < -0.3 is 11.1 Å². The van der Waals surface area contributed by atoms with E-state index in [9.17, 15) is 4.79 Å². The molecule has 30 heavy (non-hydrogen) atoms. The highest BCUT2D eigenvalue weighted by atomic mass is 32.1. The first kappa shape index (κ1) is 19.4. The third-order valence-electron chi connectivity index (χ3n) is 5.67. The van der Waals surface area contributed by atoms with Crippen LogP contribution in [0.15, 0.2) is 42.7 Å². The normalized spacial score (nSPS) is 17.1. The number of nitrogens with one attached hydrogen (secondary N) is 1. The second-order valence-corrected chi connectivity index (χ2v) is 9.96. The van der Waals surface area contributed by atoms with E-state index >= 15 is 0 Å². The Bertz CT molecular complexity index is 1250. The molecule has 5 nitrogen and oxygen atoms in total. The lowest BCUT2D eigenvalue weighted by Gasteiger charge is -2.20. The number of pyridine rings is 1. The highest BCUT2D eigenvalue weighted by molar-refractivity contribution is 7.22. The molecule has 3 N–H and O–H groups in total. The van der Waals surface area contributed by atoms with E-state index in [1.165, 1.54) is 10.4 Å². The van der Waals surface area contributed by atoms with Crippen molar-refractivity contribution in [1.29, 1.82) is 0 Å². The number of amides is 1. The summed E-state index contributed by atoms with van der Waals surface area (Å²) in [7, 11) is 0. The van der Waals surface area contributed by atoms with Crippen LogP contribution in [0, 0.1) is 0 Å². The van der Waals surface area contributed by atoms with Crippen LogP contribution in [0.4, 0.5) is 0 Å². The number of thiophene rings is 1. The summed E-state index contributed by atoms with van der Waals surface area (Å²) in [5, 5.41) is 4.50. The maximum Gasteiger partial charge on any atom is 0.225 e. The van der Waals surface area contributed by atoms with Crippen molar-refractivity contribution in [3.8, 4) is 21.7 Å². The first-order chi connectivity index (χ1) is 14.5. The first-order valence-corrected chi connectivity index (χ1v) is 11.6. The molecule has 0 radical (unpaired) electrons. The summed E-state index contributed by atoms with van der Waals surface area (Å²) in [6.45, 7) is 4.92. The monoisotopic (exact) mass is 434 g/mol. The molecular weight excluding hydrogens is 412 g/mol. The molecule has 0 spiro atoms. The minimum atomic E-state index is -0.328. The number of benzene rings is 1. The Morgan fingerprint density at radius 2 is 2.00 bits per heavy atom. The number of primary amides is 1. The van der Waals surface area contributed by atoms with E-state index in [2.05, 4.69) is 35.4 Å². The average molecular weight is 435 g/mol. The van der Waals surface area contributed by atoms with Gasteiger partial charge in [-0.25, -0.2) is 4.98 Å². The van der Waals surface area contributed by atoms with Gasteiger partial charge in [0, 0.05) is 40.3 Å². The molecule has 1 aliphatic heterocycles. The van der Waals surface area contributed by atoms with Crippen LogP contribution in [0.5, 0.6) is 0 Å². The lowest BCUT2D eigenvalue weighted by molar-refractivity contribution is -0.119. The van der Waals surface area contributed by atoms with Crippen LogP contribution in [-0.4, -0.2) is 21.9 Å². The van der Waals surface area contributed by atoms with Gasteiger partial charge in [0.05, 0.1) is 16.1 Å². The zero-order chi connectivity index (χ0) is 20.8. The van der Waals surface area contributed by atoms with Gasteiger partial charge in [0.1, 0.15) is 5.01 Å².